The fourth-order valence-corrected chi connectivity index (χ4v) is 2.79. The SMILES string of the molecule is CO[C@@H](Cc1c[nH]c2cccc(F)c12)C(=O)N[C@@H](CCC(=O)C=[N+]=[N-])C(=O)O. The van der Waals surface area contributed by atoms with E-state index in [1.54, 1.807) is 18.3 Å². The maximum absolute atomic E-state index is 14.1. The van der Waals surface area contributed by atoms with Gasteiger partial charge in [-0.05, 0) is 24.1 Å². The monoisotopic (exact) mass is 390 g/mol. The molecule has 2 atom stereocenters. The lowest BCUT2D eigenvalue weighted by atomic mass is 10.0. The number of carbonyl (C=O) groups is 3. The summed E-state index contributed by atoms with van der Waals surface area (Å²) in [7, 11) is 1.28. The predicted octanol–water partition coefficient (Wildman–Crippen LogP) is 1.08. The number of fused-ring (bicyclic) bond motifs is 1. The molecule has 0 radical (unpaired) electrons. The molecule has 1 heterocycles. The van der Waals surface area contributed by atoms with E-state index < -0.39 is 35.6 Å². The first-order chi connectivity index (χ1) is 13.4. The van der Waals surface area contributed by atoms with E-state index in [-0.39, 0.29) is 19.3 Å². The van der Waals surface area contributed by atoms with Gasteiger partial charge in [-0.3, -0.25) is 9.59 Å². The van der Waals surface area contributed by atoms with Crippen LogP contribution in [0.15, 0.2) is 24.4 Å². The van der Waals surface area contributed by atoms with Crippen molar-refractivity contribution in [2.75, 3.05) is 7.11 Å². The second-order valence-electron chi connectivity index (χ2n) is 6.05. The molecule has 0 saturated heterocycles. The number of aromatic amines is 1. The maximum Gasteiger partial charge on any atom is 0.326 e. The third-order valence-electron chi connectivity index (χ3n) is 4.21. The number of carboxylic acids is 1. The van der Waals surface area contributed by atoms with Crippen molar-refractivity contribution in [2.24, 2.45) is 0 Å². The number of hydrogen-bond acceptors (Lipinski definition) is 4. The highest BCUT2D eigenvalue weighted by atomic mass is 19.1. The third-order valence-corrected chi connectivity index (χ3v) is 4.21. The van der Waals surface area contributed by atoms with Gasteiger partial charge in [0.1, 0.15) is 18.0 Å². The van der Waals surface area contributed by atoms with Crippen LogP contribution in [0.5, 0.6) is 0 Å². The number of Topliss-reactive ketones (excluding diaryl/α,β-unsaturated/α-hetero) is 1. The Bertz CT molecular complexity index is 935. The normalized spacial score (nSPS) is 12.8. The fraction of sp³-hybridized carbons (Fsp3) is 0.333. The van der Waals surface area contributed by atoms with E-state index >= 15 is 0 Å². The number of ketones is 1. The summed E-state index contributed by atoms with van der Waals surface area (Å²) < 4.78 is 19.2. The Kier molecular flexibility index (Phi) is 7.14. The summed E-state index contributed by atoms with van der Waals surface area (Å²) >= 11 is 0. The van der Waals surface area contributed by atoms with Gasteiger partial charge >= 0.3 is 12.2 Å². The van der Waals surface area contributed by atoms with E-state index in [4.69, 9.17) is 10.3 Å². The lowest BCUT2D eigenvalue weighted by Gasteiger charge is -2.19. The highest BCUT2D eigenvalue weighted by Crippen LogP contribution is 2.23. The standard InChI is InChI=1S/C18H19FN4O5/c1-28-15(7-10-8-21-13-4-2-3-12(19)16(10)13)17(25)23-14(18(26)27)6-5-11(24)9-22-20/h2-4,8-9,14-15,21H,5-7H2,1H3,(H,23,25)(H,26,27)/t14-,15-/m0/s1. The molecule has 0 spiro atoms. The third kappa shape index (κ3) is 5.09. The summed E-state index contributed by atoms with van der Waals surface area (Å²) in [6.45, 7) is 0. The van der Waals surface area contributed by atoms with Gasteiger partial charge in [0.25, 0.3) is 0 Å². The number of nitrogens with one attached hydrogen (secondary N) is 2. The Hall–Kier alpha value is -3.36. The van der Waals surface area contributed by atoms with Gasteiger partial charge in [-0.25, -0.2) is 9.18 Å². The number of benzene rings is 1. The van der Waals surface area contributed by atoms with Crippen LogP contribution in [0.3, 0.4) is 0 Å². The predicted molar refractivity (Wildman–Crippen MR) is 96.2 cm³/mol. The van der Waals surface area contributed by atoms with E-state index in [9.17, 15) is 23.9 Å². The summed E-state index contributed by atoms with van der Waals surface area (Å²) in [4.78, 5) is 40.6. The minimum absolute atomic E-state index is 0.0196. The van der Waals surface area contributed by atoms with Gasteiger partial charge in [0.05, 0.1) is 0 Å². The zero-order valence-electron chi connectivity index (χ0n) is 15.0. The van der Waals surface area contributed by atoms with Crippen LogP contribution >= 0.6 is 0 Å². The number of H-pyrrole nitrogens is 1. The molecule has 148 valence electrons. The van der Waals surface area contributed by atoms with E-state index in [0.29, 0.717) is 22.7 Å². The van der Waals surface area contributed by atoms with Gasteiger partial charge < -0.3 is 25.7 Å². The Morgan fingerprint density at radius 2 is 2.18 bits per heavy atom. The number of carbonyl (C=O) groups excluding carboxylic acids is 2. The topological polar surface area (TPSA) is 145 Å². The van der Waals surface area contributed by atoms with E-state index in [1.807, 2.05) is 0 Å². The summed E-state index contributed by atoms with van der Waals surface area (Å²) in [5.74, 6) is -3.06. The largest absolute Gasteiger partial charge is 0.480 e. The van der Waals surface area contributed by atoms with E-state index in [2.05, 4.69) is 15.1 Å². The lowest BCUT2D eigenvalue weighted by molar-refractivity contribution is -0.144. The Balaban J connectivity index is 2.09. The molecule has 0 aliphatic rings. The average Bonchev–Trinajstić information content (AvgIpc) is 3.07. The van der Waals surface area contributed by atoms with Crippen molar-refractivity contribution >= 4 is 34.8 Å². The van der Waals surface area contributed by atoms with Crippen LogP contribution in [0.1, 0.15) is 18.4 Å². The number of carboxylic acid groups (broad SMARTS) is 1. The number of nitrogens with zero attached hydrogens (tertiary/aromatic N) is 2. The first kappa shape index (κ1) is 20.9. The number of methoxy groups -OCH3 is 1. The zero-order valence-corrected chi connectivity index (χ0v) is 15.0. The molecule has 10 heteroatoms. The second-order valence-corrected chi connectivity index (χ2v) is 6.05. The van der Waals surface area contributed by atoms with Crippen molar-refractivity contribution in [3.63, 3.8) is 0 Å². The minimum atomic E-state index is -1.33. The lowest BCUT2D eigenvalue weighted by Crippen LogP contribution is -2.46. The van der Waals surface area contributed by atoms with Gasteiger partial charge in [0.15, 0.2) is 0 Å². The van der Waals surface area contributed by atoms with E-state index in [0.717, 1.165) is 0 Å². The molecule has 2 rings (SSSR count). The number of hydrogen-bond donors (Lipinski definition) is 3. The second kappa shape index (κ2) is 9.54. The van der Waals surface area contributed by atoms with Crippen molar-refractivity contribution in [1.29, 1.82) is 0 Å². The molecule has 2 aromatic rings. The molecule has 9 nitrogen and oxygen atoms in total. The summed E-state index contributed by atoms with van der Waals surface area (Å²) in [5.41, 5.74) is 9.37. The van der Waals surface area contributed by atoms with Crippen LogP contribution in [0, 0.1) is 5.82 Å². The molecule has 3 N–H and O–H groups in total. The van der Waals surface area contributed by atoms with Gasteiger partial charge in [-0.2, -0.15) is 4.79 Å². The summed E-state index contributed by atoms with van der Waals surface area (Å²) in [6.07, 6.45) is 0.761. The van der Waals surface area contributed by atoms with Gasteiger partial charge in [-0.15, -0.1) is 0 Å². The quantitative estimate of drug-likeness (QED) is 0.316. The van der Waals surface area contributed by atoms with Crippen LogP contribution in [0.2, 0.25) is 0 Å². The molecule has 1 aromatic carbocycles. The molecule has 1 amide bonds. The van der Waals surface area contributed by atoms with Crippen molar-refractivity contribution in [3.05, 3.63) is 41.3 Å². The van der Waals surface area contributed by atoms with Crippen molar-refractivity contribution in [2.45, 2.75) is 31.4 Å². The average molecular weight is 390 g/mol. The first-order valence-corrected chi connectivity index (χ1v) is 8.38. The first-order valence-electron chi connectivity index (χ1n) is 8.38. The number of aromatic nitrogens is 1. The molecule has 0 bridgehead atoms. The van der Waals surface area contributed by atoms with Crippen LogP contribution in [0.25, 0.3) is 16.4 Å². The smallest absolute Gasteiger partial charge is 0.326 e. The van der Waals surface area contributed by atoms with Crippen LogP contribution in [-0.4, -0.2) is 58.0 Å². The molecule has 0 aliphatic carbocycles. The van der Waals surface area contributed by atoms with Crippen molar-refractivity contribution < 1.29 is 33.4 Å². The zero-order chi connectivity index (χ0) is 20.7. The Morgan fingerprint density at radius 3 is 2.82 bits per heavy atom. The van der Waals surface area contributed by atoms with Crippen molar-refractivity contribution in [1.82, 2.24) is 10.3 Å². The van der Waals surface area contributed by atoms with Crippen molar-refractivity contribution in [3.8, 4) is 0 Å². The highest BCUT2D eigenvalue weighted by Gasteiger charge is 2.27. The molecule has 1 aromatic heterocycles. The maximum atomic E-state index is 14.1. The number of ether oxygens (including phenoxy) is 1. The molecule has 0 saturated carbocycles. The van der Waals surface area contributed by atoms with Crippen LogP contribution in [-0.2, 0) is 25.5 Å². The van der Waals surface area contributed by atoms with Gasteiger partial charge in [0, 0.05) is 37.1 Å². The highest BCUT2D eigenvalue weighted by molar-refractivity contribution is 6.25. The molecular formula is C18H19FN4O5. The number of halogens is 1. The number of aliphatic carboxylic acids is 1. The summed E-state index contributed by atoms with van der Waals surface area (Å²) in [6, 6.07) is 3.21. The Morgan fingerprint density at radius 1 is 1.43 bits per heavy atom. The van der Waals surface area contributed by atoms with Crippen LogP contribution in [0.4, 0.5) is 4.39 Å². The minimum Gasteiger partial charge on any atom is -0.480 e. The molecule has 0 unspecified atom stereocenters. The number of rotatable bonds is 10. The fourth-order valence-electron chi connectivity index (χ4n) is 2.79. The number of amides is 1. The molecule has 0 fully saturated rings. The molecule has 28 heavy (non-hydrogen) atoms. The summed E-state index contributed by atoms with van der Waals surface area (Å²) in [5, 5.41) is 11.9. The molecular weight excluding hydrogens is 371 g/mol. The Labute approximate surface area is 159 Å². The van der Waals surface area contributed by atoms with Gasteiger partial charge in [-0.1, -0.05) is 6.07 Å². The van der Waals surface area contributed by atoms with E-state index in [1.165, 1.54) is 13.2 Å². The van der Waals surface area contributed by atoms with Gasteiger partial charge in [0.2, 0.25) is 11.7 Å². The molecule has 0 aliphatic heterocycles. The van der Waals surface area contributed by atoms with Crippen LogP contribution < -0.4 is 5.32 Å².